The molecule has 6 heteroatoms. The second-order valence-corrected chi connectivity index (χ2v) is 4.34. The lowest BCUT2D eigenvalue weighted by Crippen LogP contribution is -2.27. The maximum absolute atomic E-state index is 12.2. The van der Waals surface area contributed by atoms with Crippen molar-refractivity contribution < 1.29 is 0 Å². The summed E-state index contributed by atoms with van der Waals surface area (Å²) in [4.78, 5) is 20.2. The summed E-state index contributed by atoms with van der Waals surface area (Å²) in [5.74, 6) is 0.265. The van der Waals surface area contributed by atoms with E-state index in [0.29, 0.717) is 0 Å². The number of para-hydroxylation sites is 1. The van der Waals surface area contributed by atoms with Gasteiger partial charge in [-0.1, -0.05) is 32.0 Å². The van der Waals surface area contributed by atoms with Crippen LogP contribution in [0.1, 0.15) is 25.0 Å². The highest BCUT2D eigenvalue weighted by molar-refractivity contribution is 5.48. The SMILES string of the molecule is CCc1cccc(CC)c1-n1cnc(NNC)nc1=O. The van der Waals surface area contributed by atoms with Gasteiger partial charge in [-0.05, 0) is 24.0 Å². The van der Waals surface area contributed by atoms with E-state index >= 15 is 0 Å². The van der Waals surface area contributed by atoms with E-state index < -0.39 is 0 Å². The van der Waals surface area contributed by atoms with Gasteiger partial charge in [0.2, 0.25) is 5.95 Å². The Labute approximate surface area is 117 Å². The summed E-state index contributed by atoms with van der Waals surface area (Å²) in [6.45, 7) is 4.14. The Morgan fingerprint density at radius 2 is 1.85 bits per heavy atom. The first kappa shape index (κ1) is 14.2. The predicted octanol–water partition coefficient (Wildman–Crippen LogP) is 1.30. The van der Waals surface area contributed by atoms with Crippen LogP contribution in [-0.4, -0.2) is 21.6 Å². The Morgan fingerprint density at radius 3 is 2.35 bits per heavy atom. The van der Waals surface area contributed by atoms with Crippen molar-refractivity contribution in [2.45, 2.75) is 26.7 Å². The summed E-state index contributed by atoms with van der Waals surface area (Å²) in [6, 6.07) is 6.07. The molecule has 0 atom stereocenters. The Morgan fingerprint density at radius 1 is 1.20 bits per heavy atom. The van der Waals surface area contributed by atoms with E-state index in [-0.39, 0.29) is 11.6 Å². The van der Waals surface area contributed by atoms with Crippen LogP contribution in [0.2, 0.25) is 0 Å². The molecule has 0 radical (unpaired) electrons. The fourth-order valence-electron chi connectivity index (χ4n) is 2.19. The highest BCUT2D eigenvalue weighted by atomic mass is 16.1. The van der Waals surface area contributed by atoms with Crippen LogP contribution >= 0.6 is 0 Å². The number of nitrogens with one attached hydrogen (secondary N) is 2. The third-order valence-electron chi connectivity index (χ3n) is 3.15. The summed E-state index contributed by atoms with van der Waals surface area (Å²) in [7, 11) is 1.69. The molecule has 2 aromatic rings. The van der Waals surface area contributed by atoms with Crippen LogP contribution < -0.4 is 16.5 Å². The van der Waals surface area contributed by atoms with Crippen LogP contribution in [-0.2, 0) is 12.8 Å². The fourth-order valence-corrected chi connectivity index (χ4v) is 2.19. The molecule has 2 rings (SSSR count). The van der Waals surface area contributed by atoms with E-state index in [2.05, 4.69) is 34.7 Å². The van der Waals surface area contributed by atoms with Crippen LogP contribution in [0.15, 0.2) is 29.3 Å². The average molecular weight is 273 g/mol. The maximum atomic E-state index is 12.2. The summed E-state index contributed by atoms with van der Waals surface area (Å²) in [5.41, 5.74) is 8.18. The van der Waals surface area contributed by atoms with E-state index in [0.717, 1.165) is 29.7 Å². The number of aromatic nitrogens is 3. The van der Waals surface area contributed by atoms with Crippen molar-refractivity contribution in [1.29, 1.82) is 0 Å². The van der Waals surface area contributed by atoms with Crippen LogP contribution in [0.4, 0.5) is 5.95 Å². The Balaban J connectivity index is 2.59. The minimum atomic E-state index is -0.339. The number of hydrogen-bond donors (Lipinski definition) is 2. The average Bonchev–Trinajstić information content (AvgIpc) is 2.47. The summed E-state index contributed by atoms with van der Waals surface area (Å²) in [6.07, 6.45) is 3.22. The van der Waals surface area contributed by atoms with Gasteiger partial charge in [-0.15, -0.1) is 0 Å². The maximum Gasteiger partial charge on any atom is 0.356 e. The number of hydrogen-bond acceptors (Lipinski definition) is 5. The molecule has 2 N–H and O–H groups in total. The molecule has 0 spiro atoms. The molecule has 0 aliphatic heterocycles. The molecule has 0 unspecified atom stereocenters. The van der Waals surface area contributed by atoms with Crippen molar-refractivity contribution in [2.75, 3.05) is 12.5 Å². The molecule has 0 aliphatic rings. The summed E-state index contributed by atoms with van der Waals surface area (Å²) < 4.78 is 1.51. The number of benzene rings is 1. The molecule has 0 bridgehead atoms. The number of hydrazine groups is 1. The first-order valence-electron chi connectivity index (χ1n) is 6.70. The van der Waals surface area contributed by atoms with Crippen molar-refractivity contribution >= 4 is 5.95 Å². The monoisotopic (exact) mass is 273 g/mol. The van der Waals surface area contributed by atoms with Crippen LogP contribution in [0.3, 0.4) is 0 Å². The van der Waals surface area contributed by atoms with Gasteiger partial charge in [0.1, 0.15) is 6.33 Å². The van der Waals surface area contributed by atoms with E-state index in [1.165, 1.54) is 10.9 Å². The topological polar surface area (TPSA) is 71.8 Å². The molecule has 0 saturated carbocycles. The Hall–Kier alpha value is -2.21. The quantitative estimate of drug-likeness (QED) is 0.803. The molecular weight excluding hydrogens is 254 g/mol. The van der Waals surface area contributed by atoms with Crippen LogP contribution in [0.25, 0.3) is 5.69 Å². The lowest BCUT2D eigenvalue weighted by atomic mass is 10.0. The van der Waals surface area contributed by atoms with E-state index in [9.17, 15) is 4.79 Å². The second-order valence-electron chi connectivity index (χ2n) is 4.34. The van der Waals surface area contributed by atoms with Gasteiger partial charge in [0.05, 0.1) is 5.69 Å². The predicted molar refractivity (Wildman–Crippen MR) is 79.1 cm³/mol. The van der Waals surface area contributed by atoms with E-state index in [4.69, 9.17) is 0 Å². The van der Waals surface area contributed by atoms with Crippen LogP contribution in [0.5, 0.6) is 0 Å². The van der Waals surface area contributed by atoms with Gasteiger partial charge < -0.3 is 0 Å². The van der Waals surface area contributed by atoms with Gasteiger partial charge in [-0.25, -0.2) is 15.2 Å². The smallest absolute Gasteiger partial charge is 0.290 e. The van der Waals surface area contributed by atoms with Gasteiger partial charge in [0.25, 0.3) is 0 Å². The van der Waals surface area contributed by atoms with Crippen molar-refractivity contribution in [3.63, 3.8) is 0 Å². The molecule has 20 heavy (non-hydrogen) atoms. The van der Waals surface area contributed by atoms with Gasteiger partial charge >= 0.3 is 5.69 Å². The van der Waals surface area contributed by atoms with Crippen molar-refractivity contribution in [3.05, 3.63) is 46.1 Å². The summed E-state index contributed by atoms with van der Waals surface area (Å²) in [5, 5.41) is 0. The van der Waals surface area contributed by atoms with E-state index in [1.807, 2.05) is 18.2 Å². The Kier molecular flexibility index (Phi) is 4.47. The molecule has 0 saturated heterocycles. The molecule has 1 aromatic carbocycles. The summed E-state index contributed by atoms with van der Waals surface area (Å²) >= 11 is 0. The van der Waals surface area contributed by atoms with Gasteiger partial charge in [-0.3, -0.25) is 9.99 Å². The molecule has 0 fully saturated rings. The molecule has 1 heterocycles. The number of rotatable bonds is 5. The molecular formula is C14H19N5O. The second kappa shape index (κ2) is 6.29. The van der Waals surface area contributed by atoms with Crippen molar-refractivity contribution in [2.24, 2.45) is 0 Å². The van der Waals surface area contributed by atoms with Crippen molar-refractivity contribution in [3.8, 4) is 5.69 Å². The molecule has 106 valence electrons. The molecule has 6 nitrogen and oxygen atoms in total. The third-order valence-corrected chi connectivity index (χ3v) is 3.15. The number of anilines is 1. The van der Waals surface area contributed by atoms with Crippen molar-refractivity contribution in [1.82, 2.24) is 20.0 Å². The largest absolute Gasteiger partial charge is 0.356 e. The first-order valence-corrected chi connectivity index (χ1v) is 6.70. The zero-order chi connectivity index (χ0) is 14.5. The normalized spacial score (nSPS) is 10.6. The molecule has 1 aromatic heterocycles. The zero-order valence-corrected chi connectivity index (χ0v) is 12.0. The van der Waals surface area contributed by atoms with Gasteiger partial charge in [-0.2, -0.15) is 4.98 Å². The van der Waals surface area contributed by atoms with Crippen LogP contribution in [0, 0.1) is 0 Å². The number of aryl methyl sites for hydroxylation is 2. The standard InChI is InChI=1S/C14H19N5O/c1-4-10-7-6-8-11(5-2)12(10)19-9-16-13(18-15-3)17-14(19)20/h6-9,15H,4-5H2,1-3H3,(H,17,18,20). The lowest BCUT2D eigenvalue weighted by Gasteiger charge is -2.14. The minimum absolute atomic E-state index is 0.265. The van der Waals surface area contributed by atoms with Gasteiger partial charge in [0, 0.05) is 7.05 Å². The Bertz CT molecular complexity index is 628. The first-order chi connectivity index (χ1) is 9.71. The number of nitrogens with zero attached hydrogens (tertiary/aromatic N) is 3. The zero-order valence-electron chi connectivity index (χ0n) is 12.0. The van der Waals surface area contributed by atoms with Gasteiger partial charge in [0.15, 0.2) is 0 Å². The van der Waals surface area contributed by atoms with E-state index in [1.54, 1.807) is 7.05 Å². The highest BCUT2D eigenvalue weighted by Crippen LogP contribution is 2.19. The third kappa shape index (κ3) is 2.70. The fraction of sp³-hybridized carbons (Fsp3) is 0.357. The minimum Gasteiger partial charge on any atom is -0.290 e. The highest BCUT2D eigenvalue weighted by Gasteiger charge is 2.11. The lowest BCUT2D eigenvalue weighted by molar-refractivity contribution is 0.819. The molecule has 0 aliphatic carbocycles. The molecule has 0 amide bonds.